The average molecular weight is 289 g/mol. The second kappa shape index (κ2) is 5.35. The molecule has 104 valence electrons. The molecule has 1 unspecified atom stereocenters. The number of halogens is 1. The summed E-state index contributed by atoms with van der Waals surface area (Å²) < 4.78 is 6.07. The lowest BCUT2D eigenvalue weighted by atomic mass is 10.0. The van der Waals surface area contributed by atoms with Gasteiger partial charge in [0.1, 0.15) is 6.10 Å². The van der Waals surface area contributed by atoms with E-state index in [1.165, 1.54) is 0 Å². The van der Waals surface area contributed by atoms with Crippen molar-refractivity contribution in [1.82, 2.24) is 0 Å². The molecule has 0 spiro atoms. The average Bonchev–Trinajstić information content (AvgIpc) is 2.47. The first-order valence-corrected chi connectivity index (χ1v) is 7.04. The summed E-state index contributed by atoms with van der Waals surface area (Å²) in [5.74, 6) is 0.866. The number of likely N-dealkylation sites (N-methyl/N-ethyl adjacent to an activating group) is 1. The molecule has 0 saturated carbocycles. The zero-order valence-electron chi connectivity index (χ0n) is 11.3. The van der Waals surface area contributed by atoms with E-state index >= 15 is 0 Å². The van der Waals surface area contributed by atoms with Gasteiger partial charge < -0.3 is 15.4 Å². The highest BCUT2D eigenvalue weighted by molar-refractivity contribution is 6.33. The molecule has 3 rings (SSSR count). The zero-order chi connectivity index (χ0) is 14.1. The first-order valence-electron chi connectivity index (χ1n) is 6.66. The molecular formula is C16H17ClN2O. The van der Waals surface area contributed by atoms with Crippen LogP contribution in [0.1, 0.15) is 0 Å². The van der Waals surface area contributed by atoms with E-state index in [1.807, 2.05) is 36.4 Å². The molecule has 0 fully saturated rings. The normalized spacial score (nSPS) is 17.6. The molecule has 0 bridgehead atoms. The molecule has 4 heteroatoms. The van der Waals surface area contributed by atoms with Crippen molar-refractivity contribution in [3.63, 3.8) is 0 Å². The lowest BCUT2D eigenvalue weighted by molar-refractivity contribution is 0.205. The van der Waals surface area contributed by atoms with Gasteiger partial charge in [-0.3, -0.25) is 0 Å². The summed E-state index contributed by atoms with van der Waals surface area (Å²) >= 11 is 6.31. The summed E-state index contributed by atoms with van der Waals surface area (Å²) in [6.45, 7) is 1.30. The molecule has 1 aliphatic rings. The van der Waals surface area contributed by atoms with Crippen molar-refractivity contribution in [1.29, 1.82) is 0 Å². The van der Waals surface area contributed by atoms with Crippen LogP contribution in [0.25, 0.3) is 11.1 Å². The predicted octanol–water partition coefficient (Wildman–Crippen LogP) is 3.16. The van der Waals surface area contributed by atoms with Crippen LogP contribution >= 0.6 is 11.6 Å². The SMILES string of the molecule is CN1CC(CN)Oc2c(-c3ccccc3Cl)cccc21. The standard InChI is InChI=1S/C16H17ClN2O/c1-19-10-11(9-18)20-16-13(6-4-8-15(16)19)12-5-2-3-7-14(12)17/h2-8,11H,9-10,18H2,1H3. The first kappa shape index (κ1) is 13.3. The molecular weight excluding hydrogens is 272 g/mol. The van der Waals surface area contributed by atoms with Crippen LogP contribution < -0.4 is 15.4 Å². The first-order chi connectivity index (χ1) is 9.70. The lowest BCUT2D eigenvalue weighted by Crippen LogP contribution is -2.42. The fourth-order valence-electron chi connectivity index (χ4n) is 2.57. The number of para-hydroxylation sites is 1. The maximum atomic E-state index is 6.31. The maximum Gasteiger partial charge on any atom is 0.151 e. The molecule has 0 aliphatic carbocycles. The Kier molecular flexibility index (Phi) is 3.55. The van der Waals surface area contributed by atoms with Crippen molar-refractivity contribution in [2.24, 2.45) is 5.73 Å². The van der Waals surface area contributed by atoms with Gasteiger partial charge in [0, 0.05) is 29.7 Å². The minimum absolute atomic E-state index is 0.0103. The number of benzene rings is 2. The van der Waals surface area contributed by atoms with Gasteiger partial charge in [-0.15, -0.1) is 0 Å². The Bertz CT molecular complexity index is 630. The van der Waals surface area contributed by atoms with E-state index in [-0.39, 0.29) is 6.10 Å². The summed E-state index contributed by atoms with van der Waals surface area (Å²) in [6, 6.07) is 13.9. The zero-order valence-corrected chi connectivity index (χ0v) is 12.1. The molecule has 1 heterocycles. The quantitative estimate of drug-likeness (QED) is 0.922. The Morgan fingerprint density at radius 2 is 1.95 bits per heavy atom. The van der Waals surface area contributed by atoms with E-state index < -0.39 is 0 Å². The van der Waals surface area contributed by atoms with Crippen molar-refractivity contribution in [2.45, 2.75) is 6.10 Å². The van der Waals surface area contributed by atoms with Gasteiger partial charge in [0.15, 0.2) is 5.75 Å². The van der Waals surface area contributed by atoms with Gasteiger partial charge in [-0.05, 0) is 12.1 Å². The number of hydrogen-bond acceptors (Lipinski definition) is 3. The third-order valence-corrected chi connectivity index (χ3v) is 3.92. The molecule has 0 radical (unpaired) electrons. The predicted molar refractivity (Wildman–Crippen MR) is 83.6 cm³/mol. The summed E-state index contributed by atoms with van der Waals surface area (Å²) in [6.07, 6.45) is 0.0103. The number of fused-ring (bicyclic) bond motifs is 1. The number of anilines is 1. The molecule has 1 aliphatic heterocycles. The van der Waals surface area contributed by atoms with Crippen molar-refractivity contribution in [3.05, 3.63) is 47.5 Å². The summed E-state index contributed by atoms with van der Waals surface area (Å²) in [4.78, 5) is 2.18. The number of ether oxygens (including phenoxy) is 1. The highest BCUT2D eigenvalue weighted by Gasteiger charge is 2.25. The van der Waals surface area contributed by atoms with E-state index in [4.69, 9.17) is 22.1 Å². The lowest BCUT2D eigenvalue weighted by Gasteiger charge is -2.34. The molecule has 2 aromatic carbocycles. The van der Waals surface area contributed by atoms with Crippen LogP contribution in [0, 0.1) is 0 Å². The molecule has 3 nitrogen and oxygen atoms in total. The minimum atomic E-state index is 0.0103. The van der Waals surface area contributed by atoms with Gasteiger partial charge in [-0.2, -0.15) is 0 Å². The third-order valence-electron chi connectivity index (χ3n) is 3.59. The van der Waals surface area contributed by atoms with Crippen molar-refractivity contribution >= 4 is 17.3 Å². The topological polar surface area (TPSA) is 38.5 Å². The van der Waals surface area contributed by atoms with Crippen LogP contribution in [0.4, 0.5) is 5.69 Å². The fraction of sp³-hybridized carbons (Fsp3) is 0.250. The minimum Gasteiger partial charge on any atom is -0.484 e. The van der Waals surface area contributed by atoms with E-state index in [2.05, 4.69) is 18.0 Å². The van der Waals surface area contributed by atoms with Crippen LogP contribution in [0.3, 0.4) is 0 Å². The van der Waals surface area contributed by atoms with Crippen LogP contribution in [-0.2, 0) is 0 Å². The molecule has 2 aromatic rings. The van der Waals surface area contributed by atoms with Crippen LogP contribution in [0.15, 0.2) is 42.5 Å². The summed E-state index contributed by atoms with van der Waals surface area (Å²) in [7, 11) is 2.06. The van der Waals surface area contributed by atoms with Crippen molar-refractivity contribution in [3.8, 4) is 16.9 Å². The van der Waals surface area contributed by atoms with E-state index in [1.54, 1.807) is 0 Å². The number of rotatable bonds is 2. The fourth-order valence-corrected chi connectivity index (χ4v) is 2.81. The van der Waals surface area contributed by atoms with E-state index in [0.717, 1.165) is 34.1 Å². The maximum absolute atomic E-state index is 6.31. The second-order valence-electron chi connectivity index (χ2n) is 4.99. The Morgan fingerprint density at radius 1 is 1.20 bits per heavy atom. The van der Waals surface area contributed by atoms with Gasteiger partial charge in [-0.1, -0.05) is 41.9 Å². The Labute approximate surface area is 123 Å². The number of hydrogen-bond donors (Lipinski definition) is 1. The monoisotopic (exact) mass is 288 g/mol. The number of nitrogens with zero attached hydrogens (tertiary/aromatic N) is 1. The van der Waals surface area contributed by atoms with Crippen LogP contribution in [0.2, 0.25) is 5.02 Å². The van der Waals surface area contributed by atoms with Crippen molar-refractivity contribution in [2.75, 3.05) is 25.0 Å². The van der Waals surface area contributed by atoms with Gasteiger partial charge in [0.2, 0.25) is 0 Å². The molecule has 0 aromatic heterocycles. The van der Waals surface area contributed by atoms with E-state index in [9.17, 15) is 0 Å². The molecule has 0 saturated heterocycles. The van der Waals surface area contributed by atoms with E-state index in [0.29, 0.717) is 6.54 Å². The number of nitrogens with two attached hydrogens (primary N) is 1. The molecule has 2 N–H and O–H groups in total. The largest absolute Gasteiger partial charge is 0.484 e. The van der Waals surface area contributed by atoms with Crippen LogP contribution in [0.5, 0.6) is 5.75 Å². The third kappa shape index (κ3) is 2.23. The van der Waals surface area contributed by atoms with Gasteiger partial charge in [-0.25, -0.2) is 0 Å². The highest BCUT2D eigenvalue weighted by atomic mass is 35.5. The van der Waals surface area contributed by atoms with Gasteiger partial charge in [0.25, 0.3) is 0 Å². The smallest absolute Gasteiger partial charge is 0.151 e. The Balaban J connectivity index is 2.15. The molecule has 0 amide bonds. The van der Waals surface area contributed by atoms with Crippen molar-refractivity contribution < 1.29 is 4.74 Å². The second-order valence-corrected chi connectivity index (χ2v) is 5.40. The summed E-state index contributed by atoms with van der Waals surface area (Å²) in [5, 5.41) is 0.724. The van der Waals surface area contributed by atoms with Crippen LogP contribution in [-0.4, -0.2) is 26.2 Å². The molecule has 20 heavy (non-hydrogen) atoms. The highest BCUT2D eigenvalue weighted by Crippen LogP contribution is 2.43. The Morgan fingerprint density at radius 3 is 2.70 bits per heavy atom. The molecule has 1 atom stereocenters. The summed E-state index contributed by atoms with van der Waals surface area (Å²) in [5.41, 5.74) is 8.84. The van der Waals surface area contributed by atoms with Gasteiger partial charge >= 0.3 is 0 Å². The van der Waals surface area contributed by atoms with Gasteiger partial charge in [0.05, 0.1) is 12.2 Å². The Hall–Kier alpha value is -1.71.